The molecule has 1 aliphatic carbocycles. The fourth-order valence-corrected chi connectivity index (χ4v) is 3.44. The Labute approximate surface area is 129 Å². The summed E-state index contributed by atoms with van der Waals surface area (Å²) in [6, 6.07) is 7.55. The summed E-state index contributed by atoms with van der Waals surface area (Å²) in [5.74, 6) is 1.38. The maximum absolute atomic E-state index is 5.98. The van der Waals surface area contributed by atoms with Crippen LogP contribution in [0.2, 0.25) is 0 Å². The number of benzene rings is 1. The molecule has 0 saturated heterocycles. The fourth-order valence-electron chi connectivity index (χ4n) is 3.14. The Balaban J connectivity index is 2.18. The Morgan fingerprint density at radius 2 is 1.95 bits per heavy atom. The third-order valence-corrected chi connectivity index (χ3v) is 4.80. The van der Waals surface area contributed by atoms with Gasteiger partial charge in [0.2, 0.25) is 0 Å². The first kappa shape index (κ1) is 15.7. The molecule has 0 spiro atoms. The van der Waals surface area contributed by atoms with E-state index < -0.39 is 0 Å². The molecule has 0 aromatic heterocycles. The zero-order valence-corrected chi connectivity index (χ0v) is 13.9. The van der Waals surface area contributed by atoms with E-state index in [4.69, 9.17) is 11.6 Å². The standard InChI is InChI=1S/C18H28ClN/c1-14(2)10-11-20(17-6-4-5-7-17)18-9-8-16(13-19)15(3)12-18/h8-9,12,14,17H,4-7,10-11,13H2,1-3H3. The number of rotatable bonds is 6. The van der Waals surface area contributed by atoms with Crippen molar-refractivity contribution in [1.29, 1.82) is 0 Å². The Hall–Kier alpha value is -0.690. The summed E-state index contributed by atoms with van der Waals surface area (Å²) < 4.78 is 0. The van der Waals surface area contributed by atoms with E-state index in [2.05, 4.69) is 43.9 Å². The summed E-state index contributed by atoms with van der Waals surface area (Å²) in [5.41, 5.74) is 3.97. The maximum Gasteiger partial charge on any atom is 0.0476 e. The second kappa shape index (κ2) is 7.36. The molecule has 1 saturated carbocycles. The third-order valence-electron chi connectivity index (χ3n) is 4.51. The monoisotopic (exact) mass is 293 g/mol. The van der Waals surface area contributed by atoms with Gasteiger partial charge in [0, 0.05) is 24.2 Å². The Morgan fingerprint density at radius 1 is 1.25 bits per heavy atom. The van der Waals surface area contributed by atoms with Gasteiger partial charge in [-0.2, -0.15) is 0 Å². The smallest absolute Gasteiger partial charge is 0.0476 e. The van der Waals surface area contributed by atoms with E-state index in [1.807, 2.05) is 0 Å². The number of alkyl halides is 1. The molecule has 1 aromatic rings. The Morgan fingerprint density at radius 3 is 2.50 bits per heavy atom. The number of hydrogen-bond donors (Lipinski definition) is 0. The van der Waals surface area contributed by atoms with Gasteiger partial charge in [0.15, 0.2) is 0 Å². The molecule has 0 atom stereocenters. The van der Waals surface area contributed by atoms with E-state index in [-0.39, 0.29) is 0 Å². The van der Waals surface area contributed by atoms with Crippen LogP contribution in [0.25, 0.3) is 0 Å². The highest BCUT2D eigenvalue weighted by atomic mass is 35.5. The molecule has 0 heterocycles. The third kappa shape index (κ3) is 3.91. The lowest BCUT2D eigenvalue weighted by Gasteiger charge is -2.32. The van der Waals surface area contributed by atoms with Crippen LogP contribution in [0.3, 0.4) is 0 Å². The summed E-state index contributed by atoms with van der Waals surface area (Å²) in [4.78, 5) is 2.65. The molecule has 0 radical (unpaired) electrons. The van der Waals surface area contributed by atoms with Crippen LogP contribution in [0.15, 0.2) is 18.2 Å². The van der Waals surface area contributed by atoms with Crippen LogP contribution in [0, 0.1) is 12.8 Å². The van der Waals surface area contributed by atoms with Gasteiger partial charge in [-0.25, -0.2) is 0 Å². The minimum Gasteiger partial charge on any atom is -0.369 e. The number of anilines is 1. The van der Waals surface area contributed by atoms with Crippen LogP contribution < -0.4 is 4.90 Å². The number of aryl methyl sites for hydroxylation is 1. The van der Waals surface area contributed by atoms with Crippen LogP contribution >= 0.6 is 11.6 Å². The van der Waals surface area contributed by atoms with Gasteiger partial charge in [-0.15, -0.1) is 11.6 Å². The zero-order valence-electron chi connectivity index (χ0n) is 13.2. The van der Waals surface area contributed by atoms with E-state index in [9.17, 15) is 0 Å². The molecule has 1 fully saturated rings. The number of hydrogen-bond acceptors (Lipinski definition) is 1. The van der Waals surface area contributed by atoms with Gasteiger partial charge in [0.1, 0.15) is 0 Å². The molecule has 0 unspecified atom stereocenters. The normalized spacial score (nSPS) is 16.1. The molecular weight excluding hydrogens is 266 g/mol. The van der Waals surface area contributed by atoms with Gasteiger partial charge in [0.05, 0.1) is 0 Å². The van der Waals surface area contributed by atoms with E-state index >= 15 is 0 Å². The molecule has 20 heavy (non-hydrogen) atoms. The highest BCUT2D eigenvalue weighted by Gasteiger charge is 2.23. The molecule has 1 aliphatic rings. The quantitative estimate of drug-likeness (QED) is 0.623. The van der Waals surface area contributed by atoms with E-state index in [1.165, 1.54) is 55.5 Å². The van der Waals surface area contributed by atoms with Crippen molar-refractivity contribution in [2.75, 3.05) is 11.4 Å². The van der Waals surface area contributed by atoms with Gasteiger partial charge < -0.3 is 4.90 Å². The van der Waals surface area contributed by atoms with E-state index in [0.717, 1.165) is 12.0 Å². The van der Waals surface area contributed by atoms with Crippen molar-refractivity contribution in [3.05, 3.63) is 29.3 Å². The highest BCUT2D eigenvalue weighted by Crippen LogP contribution is 2.30. The lowest BCUT2D eigenvalue weighted by Crippen LogP contribution is -2.34. The van der Waals surface area contributed by atoms with Crippen LogP contribution in [-0.2, 0) is 5.88 Å². The average Bonchev–Trinajstić information content (AvgIpc) is 2.93. The van der Waals surface area contributed by atoms with E-state index in [0.29, 0.717) is 5.88 Å². The minimum absolute atomic E-state index is 0.613. The van der Waals surface area contributed by atoms with Crippen molar-refractivity contribution < 1.29 is 0 Å². The van der Waals surface area contributed by atoms with Gasteiger partial charge in [-0.05, 0) is 55.4 Å². The summed E-state index contributed by atoms with van der Waals surface area (Å²) >= 11 is 5.98. The molecule has 0 aliphatic heterocycles. The van der Waals surface area contributed by atoms with Crippen molar-refractivity contribution in [2.45, 2.75) is 64.8 Å². The van der Waals surface area contributed by atoms with Gasteiger partial charge in [-0.1, -0.05) is 32.8 Å². The van der Waals surface area contributed by atoms with Crippen molar-refractivity contribution in [3.63, 3.8) is 0 Å². The van der Waals surface area contributed by atoms with Crippen molar-refractivity contribution >= 4 is 17.3 Å². The lowest BCUT2D eigenvalue weighted by atomic mass is 10.0. The van der Waals surface area contributed by atoms with Crippen LogP contribution in [-0.4, -0.2) is 12.6 Å². The number of nitrogens with zero attached hydrogens (tertiary/aromatic N) is 1. The van der Waals surface area contributed by atoms with Gasteiger partial charge in [-0.3, -0.25) is 0 Å². The van der Waals surface area contributed by atoms with Gasteiger partial charge in [0.25, 0.3) is 0 Å². The van der Waals surface area contributed by atoms with Crippen molar-refractivity contribution in [1.82, 2.24) is 0 Å². The predicted molar refractivity (Wildman–Crippen MR) is 89.8 cm³/mol. The first-order valence-electron chi connectivity index (χ1n) is 8.04. The second-order valence-electron chi connectivity index (χ2n) is 6.56. The molecule has 2 rings (SSSR count). The van der Waals surface area contributed by atoms with Crippen molar-refractivity contribution in [3.8, 4) is 0 Å². The summed E-state index contributed by atoms with van der Waals surface area (Å²) in [5, 5.41) is 0. The SMILES string of the molecule is Cc1cc(N(CCC(C)C)C2CCCC2)ccc1CCl. The first-order chi connectivity index (χ1) is 9.61. The first-order valence-corrected chi connectivity index (χ1v) is 8.57. The van der Waals surface area contributed by atoms with Crippen LogP contribution in [0.4, 0.5) is 5.69 Å². The van der Waals surface area contributed by atoms with Crippen LogP contribution in [0.1, 0.15) is 57.1 Å². The van der Waals surface area contributed by atoms with E-state index in [1.54, 1.807) is 0 Å². The topological polar surface area (TPSA) is 3.24 Å². The maximum atomic E-state index is 5.98. The second-order valence-corrected chi connectivity index (χ2v) is 6.83. The largest absolute Gasteiger partial charge is 0.369 e. The molecular formula is C18H28ClN. The average molecular weight is 294 g/mol. The molecule has 1 nitrogen and oxygen atoms in total. The fraction of sp³-hybridized carbons (Fsp3) is 0.667. The zero-order chi connectivity index (χ0) is 14.5. The molecule has 0 bridgehead atoms. The highest BCUT2D eigenvalue weighted by molar-refractivity contribution is 6.17. The Bertz CT molecular complexity index is 421. The van der Waals surface area contributed by atoms with Gasteiger partial charge >= 0.3 is 0 Å². The molecule has 0 amide bonds. The summed E-state index contributed by atoms with van der Waals surface area (Å²) in [6.07, 6.45) is 6.76. The molecule has 112 valence electrons. The van der Waals surface area contributed by atoms with Crippen molar-refractivity contribution in [2.24, 2.45) is 5.92 Å². The summed E-state index contributed by atoms with van der Waals surface area (Å²) in [6.45, 7) is 7.99. The minimum atomic E-state index is 0.613. The summed E-state index contributed by atoms with van der Waals surface area (Å²) in [7, 11) is 0. The molecule has 1 aromatic carbocycles. The predicted octanol–water partition coefficient (Wildman–Crippen LogP) is 5.53. The molecule has 2 heteroatoms. The van der Waals surface area contributed by atoms with Crippen LogP contribution in [0.5, 0.6) is 0 Å². The lowest BCUT2D eigenvalue weighted by molar-refractivity contribution is 0.528. The Kier molecular flexibility index (Phi) is 5.77. The number of halogens is 1. The molecule has 0 N–H and O–H groups in total.